The largest absolute Gasteiger partial charge is 0.462 e. The van der Waals surface area contributed by atoms with E-state index >= 15 is 0 Å². The molecule has 0 bridgehead atoms. The average molecular weight is 363 g/mol. The summed E-state index contributed by atoms with van der Waals surface area (Å²) >= 11 is 0. The molecule has 0 radical (unpaired) electrons. The van der Waals surface area contributed by atoms with Crippen molar-refractivity contribution in [3.05, 3.63) is 52.8 Å². The minimum Gasteiger partial charge on any atom is -0.462 e. The molecular weight excluding hydrogens is 342 g/mol. The molecule has 7 heteroatoms. The molecule has 2 heterocycles. The molecule has 0 fully saturated rings. The monoisotopic (exact) mass is 363 g/mol. The first-order chi connectivity index (χ1) is 13.0. The number of rotatable bonds is 5. The van der Waals surface area contributed by atoms with Crippen LogP contribution in [0.15, 0.2) is 30.5 Å². The molecule has 2 aromatic heterocycles. The highest BCUT2D eigenvalue weighted by atomic mass is 16.5. The molecule has 0 saturated heterocycles. The average Bonchev–Trinajstić information content (AvgIpc) is 2.96. The van der Waals surface area contributed by atoms with Gasteiger partial charge in [0.05, 0.1) is 35.0 Å². The van der Waals surface area contributed by atoms with Gasteiger partial charge in [0.25, 0.3) is 0 Å². The van der Waals surface area contributed by atoms with E-state index in [1.54, 1.807) is 23.7 Å². The second-order valence-electron chi connectivity index (χ2n) is 6.27. The van der Waals surface area contributed by atoms with Gasteiger partial charge in [-0.2, -0.15) is 10.4 Å². The number of fused-ring (bicyclic) bond motifs is 1. The highest BCUT2D eigenvalue weighted by molar-refractivity contribution is 6.05. The summed E-state index contributed by atoms with van der Waals surface area (Å²) in [5, 5.41) is 17.6. The number of aryl methyl sites for hydroxylation is 2. The van der Waals surface area contributed by atoms with Crippen LogP contribution in [0.3, 0.4) is 0 Å². The number of pyridine rings is 1. The lowest BCUT2D eigenvalue weighted by molar-refractivity contribution is 0.0527. The van der Waals surface area contributed by atoms with Crippen LogP contribution >= 0.6 is 0 Å². The predicted molar refractivity (Wildman–Crippen MR) is 102 cm³/mol. The van der Waals surface area contributed by atoms with E-state index in [1.807, 2.05) is 33.0 Å². The zero-order valence-corrected chi connectivity index (χ0v) is 15.8. The summed E-state index contributed by atoms with van der Waals surface area (Å²) < 4.78 is 6.89. The zero-order valence-electron chi connectivity index (χ0n) is 15.8. The molecule has 1 atom stereocenters. The molecular formula is C20H21N5O2. The fourth-order valence-electron chi connectivity index (χ4n) is 3.07. The van der Waals surface area contributed by atoms with Crippen molar-refractivity contribution >= 4 is 22.7 Å². The van der Waals surface area contributed by atoms with Gasteiger partial charge >= 0.3 is 5.97 Å². The quantitative estimate of drug-likeness (QED) is 0.698. The summed E-state index contributed by atoms with van der Waals surface area (Å²) in [5.41, 5.74) is 4.10. The smallest absolute Gasteiger partial charge is 0.341 e. The Labute approximate surface area is 157 Å². The number of hydrogen-bond acceptors (Lipinski definition) is 6. The maximum atomic E-state index is 12.5. The number of esters is 1. The third kappa shape index (κ3) is 3.47. The van der Waals surface area contributed by atoms with Crippen LogP contribution in [-0.4, -0.2) is 27.3 Å². The van der Waals surface area contributed by atoms with E-state index in [9.17, 15) is 4.79 Å². The van der Waals surface area contributed by atoms with E-state index in [1.165, 1.54) is 6.20 Å². The first-order valence-corrected chi connectivity index (χ1v) is 8.72. The number of nitrogens with one attached hydrogen (secondary N) is 1. The molecule has 27 heavy (non-hydrogen) atoms. The Morgan fingerprint density at radius 1 is 1.37 bits per heavy atom. The normalized spacial score (nSPS) is 11.8. The number of hydrogen-bond donors (Lipinski definition) is 1. The van der Waals surface area contributed by atoms with E-state index < -0.39 is 5.97 Å². The van der Waals surface area contributed by atoms with Crippen molar-refractivity contribution in [1.82, 2.24) is 14.8 Å². The Hall–Kier alpha value is -3.40. The van der Waals surface area contributed by atoms with Crippen LogP contribution in [0.2, 0.25) is 0 Å². The molecule has 0 aliphatic rings. The number of carbonyl (C=O) groups excluding carboxylic acids is 1. The van der Waals surface area contributed by atoms with Gasteiger partial charge in [-0.15, -0.1) is 0 Å². The van der Waals surface area contributed by atoms with E-state index in [0.717, 1.165) is 16.6 Å². The van der Waals surface area contributed by atoms with Crippen molar-refractivity contribution in [3.8, 4) is 6.07 Å². The van der Waals surface area contributed by atoms with Gasteiger partial charge in [0, 0.05) is 19.3 Å². The number of ether oxygens (including phenoxy) is 1. The molecule has 7 nitrogen and oxygen atoms in total. The van der Waals surface area contributed by atoms with E-state index in [-0.39, 0.29) is 12.6 Å². The second kappa shape index (κ2) is 7.46. The third-order valence-electron chi connectivity index (χ3n) is 4.42. The van der Waals surface area contributed by atoms with Crippen LogP contribution in [-0.2, 0) is 11.8 Å². The molecule has 0 saturated carbocycles. The second-order valence-corrected chi connectivity index (χ2v) is 6.27. The molecule has 0 aliphatic carbocycles. The molecule has 0 aliphatic heterocycles. The van der Waals surface area contributed by atoms with Gasteiger partial charge in [0.15, 0.2) is 5.65 Å². The zero-order chi connectivity index (χ0) is 19.6. The molecule has 0 amide bonds. The predicted octanol–water partition coefficient (Wildman–Crippen LogP) is 3.50. The highest BCUT2D eigenvalue weighted by Crippen LogP contribution is 2.32. The molecule has 1 N–H and O–H groups in total. The van der Waals surface area contributed by atoms with Gasteiger partial charge in [-0.25, -0.2) is 9.78 Å². The SMILES string of the molecule is CCOC(=O)c1cnc2c(c(C)nn2C)c1NC(C)c1ccc(C#N)cc1. The van der Waals surface area contributed by atoms with Crippen LogP contribution < -0.4 is 5.32 Å². The molecule has 1 aromatic carbocycles. The van der Waals surface area contributed by atoms with Crippen LogP contribution in [0.5, 0.6) is 0 Å². The van der Waals surface area contributed by atoms with Crippen molar-refractivity contribution in [3.63, 3.8) is 0 Å². The van der Waals surface area contributed by atoms with Crippen molar-refractivity contribution in [2.75, 3.05) is 11.9 Å². The summed E-state index contributed by atoms with van der Waals surface area (Å²) in [6, 6.07) is 9.36. The van der Waals surface area contributed by atoms with Gasteiger partial charge < -0.3 is 10.1 Å². The van der Waals surface area contributed by atoms with Gasteiger partial charge in [-0.1, -0.05) is 12.1 Å². The van der Waals surface area contributed by atoms with Crippen molar-refractivity contribution in [1.29, 1.82) is 5.26 Å². The van der Waals surface area contributed by atoms with Crippen LogP contribution in [0.4, 0.5) is 5.69 Å². The number of carbonyl (C=O) groups is 1. The van der Waals surface area contributed by atoms with Crippen molar-refractivity contribution in [2.24, 2.45) is 7.05 Å². The first-order valence-electron chi connectivity index (χ1n) is 8.72. The van der Waals surface area contributed by atoms with Gasteiger partial charge in [-0.3, -0.25) is 4.68 Å². The lowest BCUT2D eigenvalue weighted by Crippen LogP contribution is -2.14. The molecule has 0 spiro atoms. The van der Waals surface area contributed by atoms with E-state index in [4.69, 9.17) is 10.00 Å². The fraction of sp³-hybridized carbons (Fsp3) is 0.300. The summed E-state index contributed by atoms with van der Waals surface area (Å²) in [6.45, 7) is 5.93. The number of aromatic nitrogens is 3. The lowest BCUT2D eigenvalue weighted by Gasteiger charge is -2.19. The van der Waals surface area contributed by atoms with E-state index in [2.05, 4.69) is 21.5 Å². The van der Waals surface area contributed by atoms with Gasteiger partial charge in [0.1, 0.15) is 5.56 Å². The number of nitrogens with zero attached hydrogens (tertiary/aromatic N) is 4. The number of nitriles is 1. The third-order valence-corrected chi connectivity index (χ3v) is 4.42. The fourth-order valence-corrected chi connectivity index (χ4v) is 3.07. The summed E-state index contributed by atoms with van der Waals surface area (Å²) in [7, 11) is 1.82. The number of benzene rings is 1. The lowest BCUT2D eigenvalue weighted by atomic mass is 10.0. The molecule has 3 rings (SSSR count). The Morgan fingerprint density at radius 2 is 2.07 bits per heavy atom. The molecule has 3 aromatic rings. The Morgan fingerprint density at radius 3 is 2.70 bits per heavy atom. The summed E-state index contributed by atoms with van der Waals surface area (Å²) in [4.78, 5) is 16.9. The van der Waals surface area contributed by atoms with E-state index in [0.29, 0.717) is 22.5 Å². The van der Waals surface area contributed by atoms with Gasteiger partial charge in [-0.05, 0) is 38.5 Å². The first kappa shape index (κ1) is 18.4. The minimum atomic E-state index is -0.426. The Bertz CT molecular complexity index is 1030. The Kier molecular flexibility index (Phi) is 5.08. The minimum absolute atomic E-state index is 0.101. The van der Waals surface area contributed by atoms with Crippen molar-refractivity contribution in [2.45, 2.75) is 26.8 Å². The summed E-state index contributed by atoms with van der Waals surface area (Å²) in [6.07, 6.45) is 1.52. The molecule has 138 valence electrons. The van der Waals surface area contributed by atoms with Crippen LogP contribution in [0, 0.1) is 18.3 Å². The maximum absolute atomic E-state index is 12.5. The summed E-state index contributed by atoms with van der Waals surface area (Å²) in [5.74, 6) is -0.426. The van der Waals surface area contributed by atoms with Gasteiger partial charge in [0.2, 0.25) is 0 Å². The topological polar surface area (TPSA) is 92.8 Å². The Balaban J connectivity index is 2.08. The van der Waals surface area contributed by atoms with Crippen molar-refractivity contribution < 1.29 is 9.53 Å². The maximum Gasteiger partial charge on any atom is 0.341 e. The van der Waals surface area contributed by atoms with Crippen LogP contribution in [0.1, 0.15) is 47.1 Å². The highest BCUT2D eigenvalue weighted by Gasteiger charge is 2.22. The number of anilines is 1. The standard InChI is InChI=1S/C20H21N5O2/c1-5-27-20(26)16-11-22-19-17(13(3)24-25(19)4)18(16)23-12(2)15-8-6-14(10-21)7-9-15/h6-9,11-12H,5H2,1-4H3,(H,22,23). The molecule has 1 unspecified atom stereocenters. The van der Waals surface area contributed by atoms with Crippen LogP contribution in [0.25, 0.3) is 11.0 Å².